The molecule has 0 saturated heterocycles. The van der Waals surface area contributed by atoms with Gasteiger partial charge in [-0.1, -0.05) is 0 Å². The molecule has 1 aromatic carbocycles. The van der Waals surface area contributed by atoms with Crippen LogP contribution in [0.2, 0.25) is 0 Å². The summed E-state index contributed by atoms with van der Waals surface area (Å²) >= 11 is 0. The number of rotatable bonds is 4. The van der Waals surface area contributed by atoms with Crippen LogP contribution < -0.4 is 0 Å². The maximum Gasteiger partial charge on any atom is 0.246 e. The van der Waals surface area contributed by atoms with Gasteiger partial charge in [0.2, 0.25) is 5.91 Å². The number of nitriles is 1. The lowest BCUT2D eigenvalue weighted by Gasteiger charge is -2.51. The summed E-state index contributed by atoms with van der Waals surface area (Å²) in [5.41, 5.74) is 2.33. The largest absolute Gasteiger partial charge is 0.329 e. The van der Waals surface area contributed by atoms with Crippen LogP contribution in [0.5, 0.6) is 0 Å². The van der Waals surface area contributed by atoms with Crippen LogP contribution in [0.15, 0.2) is 41.9 Å². The number of halogens is 2. The Morgan fingerprint density at radius 3 is 2.65 bits per heavy atom. The molecule has 1 aliphatic heterocycles. The second-order valence-electron chi connectivity index (χ2n) is 9.60. The predicted octanol–water partition coefficient (Wildman–Crippen LogP) is 4.20. The first-order valence-electron chi connectivity index (χ1n) is 11.5. The van der Waals surface area contributed by atoms with Gasteiger partial charge < -0.3 is 4.57 Å². The lowest BCUT2D eigenvalue weighted by molar-refractivity contribution is -0.147. The van der Waals surface area contributed by atoms with Crippen LogP contribution in [-0.2, 0) is 11.3 Å². The quantitative estimate of drug-likeness (QED) is 0.584. The molecule has 3 saturated carbocycles. The van der Waals surface area contributed by atoms with E-state index in [1.165, 1.54) is 23.3 Å². The van der Waals surface area contributed by atoms with E-state index in [1.807, 2.05) is 4.57 Å². The van der Waals surface area contributed by atoms with Gasteiger partial charge >= 0.3 is 0 Å². The molecule has 1 amide bonds. The highest BCUT2D eigenvalue weighted by atomic mass is 19.1. The molecule has 3 fully saturated rings. The molecule has 3 aromatic rings. The number of carbonyl (C=O) groups is 1. The van der Waals surface area contributed by atoms with Gasteiger partial charge in [-0.25, -0.2) is 23.8 Å². The first kappa shape index (κ1) is 20.9. The van der Waals surface area contributed by atoms with Crippen molar-refractivity contribution in [2.24, 2.45) is 28.8 Å². The average Bonchev–Trinajstić information content (AvgIpc) is 3.44. The van der Waals surface area contributed by atoms with Crippen molar-refractivity contribution in [1.82, 2.24) is 19.5 Å². The molecule has 7 nitrogen and oxygen atoms in total. The van der Waals surface area contributed by atoms with Gasteiger partial charge in [-0.15, -0.1) is 0 Å². The van der Waals surface area contributed by atoms with E-state index in [-0.39, 0.29) is 11.8 Å². The molecule has 2 unspecified atom stereocenters. The lowest BCUT2D eigenvalue weighted by atomic mass is 9.55. The molecule has 7 rings (SSSR count). The molecule has 4 aliphatic rings. The number of nitrogens with zero attached hydrogens (tertiary/aromatic N) is 6. The second-order valence-corrected chi connectivity index (χ2v) is 9.60. The highest BCUT2D eigenvalue weighted by molar-refractivity contribution is 5.82. The van der Waals surface area contributed by atoms with Crippen LogP contribution in [-0.4, -0.2) is 31.7 Å². The average molecular weight is 460 g/mol. The Morgan fingerprint density at radius 1 is 1.09 bits per heavy atom. The number of aromatic nitrogens is 3. The smallest absolute Gasteiger partial charge is 0.246 e. The zero-order valence-electron chi connectivity index (χ0n) is 18.3. The molecule has 9 heteroatoms. The van der Waals surface area contributed by atoms with Gasteiger partial charge in [-0.05, 0) is 60.8 Å². The zero-order chi connectivity index (χ0) is 23.4. The summed E-state index contributed by atoms with van der Waals surface area (Å²) in [4.78, 5) is 22.2. The molecule has 3 aliphatic carbocycles. The summed E-state index contributed by atoms with van der Waals surface area (Å²) in [5, 5.41) is 14.9. The van der Waals surface area contributed by atoms with Gasteiger partial charge in [0, 0.05) is 37.4 Å². The van der Waals surface area contributed by atoms with E-state index in [9.17, 15) is 18.8 Å². The third-order valence-corrected chi connectivity index (χ3v) is 7.68. The van der Waals surface area contributed by atoms with E-state index >= 15 is 0 Å². The minimum atomic E-state index is -0.657. The molecule has 3 heterocycles. The highest BCUT2D eigenvalue weighted by Gasteiger charge is 2.50. The van der Waals surface area contributed by atoms with Crippen molar-refractivity contribution in [3.63, 3.8) is 0 Å². The number of imidazole rings is 1. The molecule has 172 valence electrons. The van der Waals surface area contributed by atoms with Crippen molar-refractivity contribution in [3.8, 4) is 6.07 Å². The Balaban J connectivity index is 1.22. The number of hydrogen-bond donors (Lipinski definition) is 0. The fourth-order valence-corrected chi connectivity index (χ4v) is 5.90. The fraction of sp³-hybridized carbons (Fsp3) is 0.400. The third-order valence-electron chi connectivity index (χ3n) is 7.68. The highest BCUT2D eigenvalue weighted by Crippen LogP contribution is 2.53. The number of benzene rings is 1. The Morgan fingerprint density at radius 2 is 1.88 bits per heavy atom. The fourth-order valence-electron chi connectivity index (χ4n) is 5.90. The summed E-state index contributed by atoms with van der Waals surface area (Å²) in [5.74, 6) is -0.395. The molecular weight excluding hydrogens is 438 g/mol. The van der Waals surface area contributed by atoms with Gasteiger partial charge in [-0.2, -0.15) is 10.4 Å². The number of hydrazone groups is 1. The second kappa shape index (κ2) is 7.97. The number of fused-ring (bicyclic) bond motifs is 3. The number of hydrogen-bond acceptors (Lipinski definition) is 5. The normalized spacial score (nSPS) is 27.6. The Hall–Kier alpha value is -3.67. The van der Waals surface area contributed by atoms with Crippen molar-refractivity contribution >= 4 is 23.3 Å². The number of amides is 1. The predicted molar refractivity (Wildman–Crippen MR) is 119 cm³/mol. The van der Waals surface area contributed by atoms with E-state index in [2.05, 4.69) is 21.1 Å². The van der Waals surface area contributed by atoms with Crippen LogP contribution in [0.25, 0.3) is 11.2 Å². The van der Waals surface area contributed by atoms with Crippen molar-refractivity contribution in [2.75, 3.05) is 0 Å². The van der Waals surface area contributed by atoms with E-state index in [0.29, 0.717) is 47.5 Å². The lowest BCUT2D eigenvalue weighted by Crippen LogP contribution is -2.49. The first-order valence-corrected chi connectivity index (χ1v) is 11.5. The minimum Gasteiger partial charge on any atom is -0.329 e. The standard InChI is InChI=1S/C25H22F2N6O/c26-19-6-17(7-20(27)9-19)22-1-2-31-33(22)25(34)21-8-18(15-4-16(21)5-15)12-32-13-30-24-23(32)3-14(10-28)11-29-24/h2-3,6-7,9,11,13,15-16,18,21-22H,1,4-5,8,12H2/t15?,16?,18?,21-,22?/m0/s1. The van der Waals surface area contributed by atoms with Crippen LogP contribution in [0.1, 0.15) is 42.9 Å². The molecule has 34 heavy (non-hydrogen) atoms. The maximum absolute atomic E-state index is 13.8. The van der Waals surface area contributed by atoms with Crippen molar-refractivity contribution in [2.45, 2.75) is 38.3 Å². The first-order chi connectivity index (χ1) is 16.5. The van der Waals surface area contributed by atoms with Gasteiger partial charge in [0.1, 0.15) is 17.7 Å². The maximum atomic E-state index is 13.8. The monoisotopic (exact) mass is 460 g/mol. The van der Waals surface area contributed by atoms with E-state index < -0.39 is 17.7 Å². The molecule has 2 aromatic heterocycles. The summed E-state index contributed by atoms with van der Waals surface area (Å²) in [7, 11) is 0. The summed E-state index contributed by atoms with van der Waals surface area (Å²) < 4.78 is 29.6. The van der Waals surface area contributed by atoms with Gasteiger partial charge in [0.25, 0.3) is 0 Å². The van der Waals surface area contributed by atoms with Gasteiger partial charge in [-0.3, -0.25) is 4.79 Å². The minimum absolute atomic E-state index is 0.0690. The zero-order valence-corrected chi connectivity index (χ0v) is 18.3. The topological polar surface area (TPSA) is 87.2 Å². The van der Waals surface area contributed by atoms with Crippen molar-refractivity contribution in [1.29, 1.82) is 5.26 Å². The Labute approximate surface area is 194 Å². The molecule has 0 N–H and O–H groups in total. The van der Waals surface area contributed by atoms with Gasteiger partial charge in [0.05, 0.1) is 23.4 Å². The van der Waals surface area contributed by atoms with Crippen LogP contribution in [0, 0.1) is 46.6 Å². The number of pyridine rings is 1. The van der Waals surface area contributed by atoms with Crippen LogP contribution >= 0.6 is 0 Å². The Kier molecular flexibility index (Phi) is 4.90. The number of carbonyl (C=O) groups excluding carboxylic acids is 1. The van der Waals surface area contributed by atoms with Gasteiger partial charge in [0.15, 0.2) is 5.65 Å². The summed E-state index contributed by atoms with van der Waals surface area (Å²) in [6.07, 6.45) is 8.07. The van der Waals surface area contributed by atoms with E-state index in [0.717, 1.165) is 30.8 Å². The molecule has 0 spiro atoms. The van der Waals surface area contributed by atoms with E-state index in [4.69, 9.17) is 0 Å². The third kappa shape index (κ3) is 3.45. The van der Waals surface area contributed by atoms with E-state index in [1.54, 1.807) is 18.6 Å². The molecule has 0 radical (unpaired) electrons. The molecule has 3 atom stereocenters. The molecular formula is C25H22F2N6O. The summed E-state index contributed by atoms with van der Waals surface area (Å²) in [6, 6.07) is 6.82. The van der Waals surface area contributed by atoms with Crippen molar-refractivity contribution < 1.29 is 13.6 Å². The van der Waals surface area contributed by atoms with Crippen LogP contribution in [0.4, 0.5) is 8.78 Å². The Bertz CT molecular complexity index is 1330. The van der Waals surface area contributed by atoms with Crippen LogP contribution in [0.3, 0.4) is 0 Å². The molecule has 2 bridgehead atoms. The summed E-state index contributed by atoms with van der Waals surface area (Å²) in [6.45, 7) is 0.704. The van der Waals surface area contributed by atoms with Crippen molar-refractivity contribution in [3.05, 3.63) is 59.6 Å². The SMILES string of the molecule is N#Cc1cnc2ncn(CC3C[C@H](C(=O)N4N=CCC4c4cc(F)cc(F)c4)C4CC3C4)c2c1.